The molecular weight excluding hydrogens is 300 g/mol. The normalized spacial score (nSPS) is 16.7. The van der Waals surface area contributed by atoms with Crippen LogP contribution in [0.5, 0.6) is 0 Å². The number of benzene rings is 1. The minimum absolute atomic E-state index is 0.696. The van der Waals surface area contributed by atoms with E-state index < -0.39 is 0 Å². The zero-order chi connectivity index (χ0) is 13.1. The smallest absolute Gasteiger partial charge is 0.0525 e. The Kier molecular flexibility index (Phi) is 4.02. The lowest BCUT2D eigenvalue weighted by Crippen LogP contribution is -2.07. The molecule has 0 radical (unpaired) electrons. The van der Waals surface area contributed by atoms with Crippen LogP contribution in [0.1, 0.15) is 54.8 Å². The number of hydrogen-bond donors (Lipinski definition) is 1. The maximum atomic E-state index is 4.28. The van der Waals surface area contributed by atoms with Crippen molar-refractivity contribution in [3.8, 4) is 0 Å². The van der Waals surface area contributed by atoms with Crippen LogP contribution in [0.15, 0.2) is 34.9 Å². The number of hydrogen-bond acceptors (Lipinski definition) is 1. The molecule has 0 aliphatic heterocycles. The van der Waals surface area contributed by atoms with Crippen LogP contribution in [-0.2, 0) is 6.42 Å². The van der Waals surface area contributed by atoms with Gasteiger partial charge in [-0.3, -0.25) is 5.10 Å². The van der Waals surface area contributed by atoms with Gasteiger partial charge in [0.15, 0.2) is 0 Å². The summed E-state index contributed by atoms with van der Waals surface area (Å²) < 4.78 is 1.14. The van der Waals surface area contributed by atoms with Crippen molar-refractivity contribution >= 4 is 15.9 Å². The van der Waals surface area contributed by atoms with Crippen molar-refractivity contribution in [2.45, 2.75) is 44.4 Å². The van der Waals surface area contributed by atoms with E-state index in [1.807, 2.05) is 6.20 Å². The van der Waals surface area contributed by atoms with Gasteiger partial charge in [-0.2, -0.15) is 5.10 Å². The summed E-state index contributed by atoms with van der Waals surface area (Å²) in [5.41, 5.74) is 4.10. The van der Waals surface area contributed by atoms with Crippen molar-refractivity contribution in [1.29, 1.82) is 0 Å². The Hall–Kier alpha value is -1.09. The molecule has 0 amide bonds. The highest BCUT2D eigenvalue weighted by Gasteiger charge is 2.20. The third-order valence-electron chi connectivity index (χ3n) is 4.07. The van der Waals surface area contributed by atoms with E-state index in [1.165, 1.54) is 48.9 Å². The fourth-order valence-electron chi connectivity index (χ4n) is 3.03. The first kappa shape index (κ1) is 12.9. The Bertz CT molecular complexity index is 524. The molecule has 0 atom stereocenters. The highest BCUT2D eigenvalue weighted by atomic mass is 79.9. The lowest BCUT2D eigenvalue weighted by Gasteiger charge is -2.21. The second-order valence-electron chi connectivity index (χ2n) is 5.45. The highest BCUT2D eigenvalue weighted by molar-refractivity contribution is 9.10. The summed E-state index contributed by atoms with van der Waals surface area (Å²) in [5.74, 6) is 0.696. The zero-order valence-corrected chi connectivity index (χ0v) is 12.6. The van der Waals surface area contributed by atoms with Crippen LogP contribution in [0.3, 0.4) is 0 Å². The molecule has 1 heterocycles. The van der Waals surface area contributed by atoms with E-state index in [4.69, 9.17) is 0 Å². The van der Waals surface area contributed by atoms with Gasteiger partial charge in [-0.25, -0.2) is 0 Å². The SMILES string of the molecule is Brc1ccc(Cc2cn[nH]c2C2CCCCC2)cc1. The van der Waals surface area contributed by atoms with E-state index in [0.29, 0.717) is 5.92 Å². The van der Waals surface area contributed by atoms with Crippen molar-refractivity contribution in [3.05, 3.63) is 51.8 Å². The third-order valence-corrected chi connectivity index (χ3v) is 4.60. The number of halogens is 1. The molecule has 0 saturated heterocycles. The quantitative estimate of drug-likeness (QED) is 0.864. The molecule has 1 aliphatic carbocycles. The van der Waals surface area contributed by atoms with E-state index >= 15 is 0 Å². The predicted octanol–water partition coefficient (Wildman–Crippen LogP) is 4.81. The predicted molar refractivity (Wildman–Crippen MR) is 81.4 cm³/mol. The van der Waals surface area contributed by atoms with Crippen LogP contribution in [0, 0.1) is 0 Å². The Morgan fingerprint density at radius 1 is 1.11 bits per heavy atom. The van der Waals surface area contributed by atoms with Gasteiger partial charge in [0, 0.05) is 22.5 Å². The van der Waals surface area contributed by atoms with Crippen molar-refractivity contribution in [2.24, 2.45) is 0 Å². The topological polar surface area (TPSA) is 28.7 Å². The van der Waals surface area contributed by atoms with Gasteiger partial charge in [0.25, 0.3) is 0 Å². The molecule has 1 saturated carbocycles. The number of H-pyrrole nitrogens is 1. The molecule has 1 fully saturated rings. The van der Waals surface area contributed by atoms with Gasteiger partial charge < -0.3 is 0 Å². The third kappa shape index (κ3) is 3.08. The summed E-state index contributed by atoms with van der Waals surface area (Å²) in [7, 11) is 0. The van der Waals surface area contributed by atoms with Gasteiger partial charge in [0.2, 0.25) is 0 Å². The van der Waals surface area contributed by atoms with E-state index in [2.05, 4.69) is 50.4 Å². The summed E-state index contributed by atoms with van der Waals surface area (Å²) in [4.78, 5) is 0. The maximum absolute atomic E-state index is 4.28. The van der Waals surface area contributed by atoms with Gasteiger partial charge in [0.1, 0.15) is 0 Å². The van der Waals surface area contributed by atoms with Crippen LogP contribution in [-0.4, -0.2) is 10.2 Å². The van der Waals surface area contributed by atoms with Gasteiger partial charge in [-0.1, -0.05) is 47.3 Å². The molecule has 0 spiro atoms. The molecule has 0 unspecified atom stereocenters. The van der Waals surface area contributed by atoms with Gasteiger partial charge in [0.05, 0.1) is 6.20 Å². The number of nitrogens with one attached hydrogen (secondary N) is 1. The minimum atomic E-state index is 0.696. The molecule has 1 aromatic carbocycles. The first-order valence-corrected chi connectivity index (χ1v) is 7.89. The molecule has 2 nitrogen and oxygen atoms in total. The molecule has 1 aliphatic rings. The summed E-state index contributed by atoms with van der Waals surface area (Å²) in [6.45, 7) is 0. The molecule has 2 aromatic rings. The second kappa shape index (κ2) is 5.91. The highest BCUT2D eigenvalue weighted by Crippen LogP contribution is 2.33. The summed E-state index contributed by atoms with van der Waals surface area (Å²) in [5, 5.41) is 7.52. The standard InChI is InChI=1S/C16H19BrN2/c17-15-8-6-12(7-9-15)10-14-11-18-19-16(14)13-4-2-1-3-5-13/h6-9,11,13H,1-5,10H2,(H,18,19). The number of nitrogens with zero attached hydrogens (tertiary/aromatic N) is 1. The number of rotatable bonds is 3. The lowest BCUT2D eigenvalue weighted by molar-refractivity contribution is 0.434. The van der Waals surface area contributed by atoms with Crippen LogP contribution < -0.4 is 0 Å². The summed E-state index contributed by atoms with van der Waals surface area (Å²) >= 11 is 3.48. The molecule has 0 bridgehead atoms. The molecule has 3 heteroatoms. The Morgan fingerprint density at radius 2 is 1.84 bits per heavy atom. The van der Waals surface area contributed by atoms with Crippen LogP contribution in [0.2, 0.25) is 0 Å². The monoisotopic (exact) mass is 318 g/mol. The van der Waals surface area contributed by atoms with Crippen molar-refractivity contribution in [3.63, 3.8) is 0 Å². The van der Waals surface area contributed by atoms with E-state index in [-0.39, 0.29) is 0 Å². The van der Waals surface area contributed by atoms with Crippen molar-refractivity contribution in [1.82, 2.24) is 10.2 Å². The largest absolute Gasteiger partial charge is 0.282 e. The Labute approximate surface area is 122 Å². The minimum Gasteiger partial charge on any atom is -0.282 e. The Morgan fingerprint density at radius 3 is 2.58 bits per heavy atom. The van der Waals surface area contributed by atoms with Crippen LogP contribution >= 0.6 is 15.9 Å². The fourth-order valence-corrected chi connectivity index (χ4v) is 3.29. The second-order valence-corrected chi connectivity index (χ2v) is 6.36. The average molecular weight is 319 g/mol. The van der Waals surface area contributed by atoms with Crippen LogP contribution in [0.4, 0.5) is 0 Å². The fraction of sp³-hybridized carbons (Fsp3) is 0.438. The average Bonchev–Trinajstić information content (AvgIpc) is 2.90. The number of aromatic amines is 1. The van der Waals surface area contributed by atoms with Gasteiger partial charge >= 0.3 is 0 Å². The zero-order valence-electron chi connectivity index (χ0n) is 11.0. The van der Waals surface area contributed by atoms with E-state index in [9.17, 15) is 0 Å². The lowest BCUT2D eigenvalue weighted by atomic mass is 9.85. The van der Waals surface area contributed by atoms with Gasteiger partial charge in [-0.05, 0) is 36.1 Å². The molecule has 1 aromatic heterocycles. The first-order valence-electron chi connectivity index (χ1n) is 7.09. The Balaban J connectivity index is 1.77. The maximum Gasteiger partial charge on any atom is 0.0525 e. The van der Waals surface area contributed by atoms with Gasteiger partial charge in [-0.15, -0.1) is 0 Å². The molecule has 1 N–H and O–H groups in total. The van der Waals surface area contributed by atoms with E-state index in [0.717, 1.165) is 10.9 Å². The molecule has 19 heavy (non-hydrogen) atoms. The van der Waals surface area contributed by atoms with Crippen molar-refractivity contribution < 1.29 is 0 Å². The van der Waals surface area contributed by atoms with E-state index in [1.54, 1.807) is 0 Å². The number of aromatic nitrogens is 2. The first-order chi connectivity index (χ1) is 9.33. The molecular formula is C16H19BrN2. The summed E-state index contributed by atoms with van der Waals surface area (Å²) in [6.07, 6.45) is 9.74. The summed E-state index contributed by atoms with van der Waals surface area (Å²) in [6, 6.07) is 8.58. The van der Waals surface area contributed by atoms with Crippen LogP contribution in [0.25, 0.3) is 0 Å². The van der Waals surface area contributed by atoms with Crippen molar-refractivity contribution in [2.75, 3.05) is 0 Å². The molecule has 3 rings (SSSR count). The molecule has 100 valence electrons.